The third kappa shape index (κ3) is 2.89. The van der Waals surface area contributed by atoms with Gasteiger partial charge in [-0.1, -0.05) is 13.1 Å². The Kier molecular flexibility index (Phi) is 5.69. The van der Waals surface area contributed by atoms with Crippen LogP contribution in [0.1, 0.15) is 0 Å². The summed E-state index contributed by atoms with van der Waals surface area (Å²) in [5.74, 6) is 0. The summed E-state index contributed by atoms with van der Waals surface area (Å²) in [5, 5.41) is 3.05. The minimum absolute atomic E-state index is 0. The Morgan fingerprint density at radius 2 is 1.87 bits per heavy atom. The van der Waals surface area contributed by atoms with Crippen molar-refractivity contribution in [2.24, 2.45) is 0 Å². The first-order valence-corrected chi connectivity index (χ1v) is 7.65. The van der Waals surface area contributed by atoms with Gasteiger partial charge in [0.15, 0.2) is 0 Å². The van der Waals surface area contributed by atoms with E-state index < -0.39 is 8.07 Å². The van der Waals surface area contributed by atoms with E-state index in [4.69, 9.17) is 0 Å². The van der Waals surface area contributed by atoms with Crippen LogP contribution < -0.4 is 10.4 Å². The molecule has 0 aliphatic carbocycles. The summed E-state index contributed by atoms with van der Waals surface area (Å²) in [6.07, 6.45) is 0. The van der Waals surface area contributed by atoms with Gasteiger partial charge in [0, 0.05) is 8.07 Å². The molecule has 0 saturated carbocycles. The van der Waals surface area contributed by atoms with Gasteiger partial charge in [-0.2, -0.15) is 40.7 Å². The predicted molar refractivity (Wildman–Crippen MR) is 67.2 cm³/mol. The molecule has 0 aromatic heterocycles. The van der Waals surface area contributed by atoms with Gasteiger partial charge < -0.3 is 7.43 Å². The van der Waals surface area contributed by atoms with Crippen molar-refractivity contribution in [2.45, 2.75) is 13.1 Å². The number of hydrogen-bond acceptors (Lipinski definition) is 0. The van der Waals surface area contributed by atoms with E-state index in [0.717, 1.165) is 0 Å². The van der Waals surface area contributed by atoms with Crippen LogP contribution in [0.15, 0.2) is 48.5 Å². The van der Waals surface area contributed by atoms with E-state index in [1.54, 1.807) is 0 Å². The van der Waals surface area contributed by atoms with Crippen molar-refractivity contribution < 1.29 is 26.2 Å². The maximum Gasteiger partial charge on any atom is 4.00 e. The second-order valence-electron chi connectivity index (χ2n) is 3.97. The van der Waals surface area contributed by atoms with E-state index in [2.05, 4.69) is 61.6 Å². The number of hydrogen-bond donors (Lipinski definition) is 0. The normalized spacial score (nSPS) is 10.3. The molecular weight excluding hydrogens is 275 g/mol. The summed E-state index contributed by atoms with van der Waals surface area (Å²) in [7, 11) is -1.35. The Morgan fingerprint density at radius 1 is 1.13 bits per heavy atom. The van der Waals surface area contributed by atoms with Gasteiger partial charge in [-0.05, 0) is 0 Å². The average molecular weight is 293 g/mol. The van der Waals surface area contributed by atoms with E-state index in [9.17, 15) is 0 Å². The second kappa shape index (κ2) is 5.77. The minimum Gasteiger partial charge on any atom is -0.358 e. The van der Waals surface area contributed by atoms with Gasteiger partial charge in [0.25, 0.3) is 0 Å². The molecule has 15 heavy (non-hydrogen) atoms. The second-order valence-corrected chi connectivity index (χ2v) is 8.38. The Hall–Kier alpha value is -0.200. The van der Waals surface area contributed by atoms with Crippen molar-refractivity contribution in [3.63, 3.8) is 0 Å². The zero-order chi connectivity index (χ0) is 9.31. The van der Waals surface area contributed by atoms with Crippen LogP contribution in [0.4, 0.5) is 0 Å². The fourth-order valence-electron chi connectivity index (χ4n) is 1.75. The molecule has 0 amide bonds. The van der Waals surface area contributed by atoms with Crippen molar-refractivity contribution in [1.82, 2.24) is 0 Å². The molecule has 0 atom stereocenters. The Morgan fingerprint density at radius 3 is 2.33 bits per heavy atom. The van der Waals surface area contributed by atoms with Gasteiger partial charge in [-0.25, -0.2) is 18.2 Å². The maximum absolute atomic E-state index is 2.40. The van der Waals surface area contributed by atoms with Crippen molar-refractivity contribution in [1.29, 1.82) is 0 Å². The van der Waals surface area contributed by atoms with Crippen molar-refractivity contribution in [2.75, 3.05) is 0 Å². The molecule has 2 heteroatoms. The van der Waals surface area contributed by atoms with Crippen LogP contribution >= 0.6 is 0 Å². The van der Waals surface area contributed by atoms with Crippen LogP contribution in [0.2, 0.25) is 13.1 Å². The summed E-state index contributed by atoms with van der Waals surface area (Å²) >= 11 is 0. The van der Waals surface area contributed by atoms with Crippen LogP contribution in [0, 0.1) is 7.43 Å². The summed E-state index contributed by atoms with van der Waals surface area (Å²) in [6.45, 7) is 4.80. The topological polar surface area (TPSA) is 0 Å². The smallest absolute Gasteiger partial charge is 0.358 e. The first kappa shape index (κ1) is 14.8. The molecule has 0 unspecified atom stereocenters. The Labute approximate surface area is 113 Å². The van der Waals surface area contributed by atoms with Gasteiger partial charge in [-0.3, -0.25) is 0 Å². The molecule has 0 bridgehead atoms. The molecule has 0 fully saturated rings. The standard InChI is InChI=1S/C12H14Si.CH3.Zr/c1-13(2,11-7-3-4-8-11)12-9-5-6-10-12;;/h3-10H,1-2H3;1H3;/q-2;-1;+4. The zero-order valence-corrected chi connectivity index (χ0v) is 13.1. The van der Waals surface area contributed by atoms with Crippen LogP contribution in [0.3, 0.4) is 0 Å². The fraction of sp³-hybridized carbons (Fsp3) is 0.154. The zero-order valence-electron chi connectivity index (χ0n) is 9.62. The first-order chi connectivity index (χ1) is 6.21. The third-order valence-electron chi connectivity index (χ3n) is 2.77. The van der Waals surface area contributed by atoms with E-state index in [1.165, 1.54) is 10.4 Å². The van der Waals surface area contributed by atoms with Gasteiger partial charge in [-0.15, -0.1) is 0 Å². The molecule has 0 spiro atoms. The first-order valence-electron chi connectivity index (χ1n) is 4.65. The van der Waals surface area contributed by atoms with Gasteiger partial charge in [0.2, 0.25) is 0 Å². The molecule has 0 heterocycles. The fourth-order valence-corrected chi connectivity index (χ4v) is 4.13. The molecule has 0 radical (unpaired) electrons. The molecule has 0 N–H and O–H groups in total. The van der Waals surface area contributed by atoms with Crippen LogP contribution in [-0.2, 0) is 26.2 Å². The Balaban J connectivity index is 0.000000980. The average Bonchev–Trinajstić information content (AvgIpc) is 2.78. The number of rotatable bonds is 2. The van der Waals surface area contributed by atoms with Crippen molar-refractivity contribution in [3.05, 3.63) is 56.0 Å². The maximum atomic E-state index is 2.40. The predicted octanol–water partition coefficient (Wildman–Crippen LogP) is 2.39. The van der Waals surface area contributed by atoms with Gasteiger partial charge >= 0.3 is 26.2 Å². The van der Waals surface area contributed by atoms with Crippen LogP contribution in [-0.4, -0.2) is 8.07 Å². The monoisotopic (exact) mass is 291 g/mol. The van der Waals surface area contributed by atoms with E-state index in [0.29, 0.717) is 0 Å². The molecular formula is C13H17SiZr+. The van der Waals surface area contributed by atoms with E-state index in [1.807, 2.05) is 0 Å². The summed E-state index contributed by atoms with van der Waals surface area (Å²) < 4.78 is 0. The minimum atomic E-state index is -1.35. The molecule has 0 nitrogen and oxygen atoms in total. The molecule has 2 rings (SSSR count). The Bertz CT molecular complexity index is 321. The molecule has 0 aliphatic heterocycles. The van der Waals surface area contributed by atoms with Gasteiger partial charge in [0.05, 0.1) is 0 Å². The van der Waals surface area contributed by atoms with E-state index >= 15 is 0 Å². The molecule has 0 saturated heterocycles. The summed E-state index contributed by atoms with van der Waals surface area (Å²) in [5.41, 5.74) is 0. The summed E-state index contributed by atoms with van der Waals surface area (Å²) in [4.78, 5) is 0. The molecule has 2 aromatic rings. The molecule has 0 aliphatic rings. The molecule has 76 valence electrons. The quantitative estimate of drug-likeness (QED) is 0.589. The van der Waals surface area contributed by atoms with Crippen LogP contribution in [0.5, 0.6) is 0 Å². The van der Waals surface area contributed by atoms with Crippen molar-refractivity contribution in [3.8, 4) is 0 Å². The third-order valence-corrected chi connectivity index (χ3v) is 6.32. The van der Waals surface area contributed by atoms with E-state index in [-0.39, 0.29) is 33.6 Å². The SMILES string of the molecule is C[Si](C)(c1cc[cH-]c1)c1ccc[cH-]1.[CH3-].[Zr+4]. The molecule has 2 aromatic carbocycles. The van der Waals surface area contributed by atoms with Crippen molar-refractivity contribution >= 4 is 18.4 Å². The summed E-state index contributed by atoms with van der Waals surface area (Å²) in [6, 6.07) is 17.5. The van der Waals surface area contributed by atoms with Gasteiger partial charge in [0.1, 0.15) is 0 Å². The largest absolute Gasteiger partial charge is 4.00 e. The van der Waals surface area contributed by atoms with Crippen LogP contribution in [0.25, 0.3) is 0 Å².